The van der Waals surface area contributed by atoms with Crippen LogP contribution >= 0.6 is 11.3 Å². The largest absolute Gasteiger partial charge is 0.375 e. The maximum absolute atomic E-state index is 4.07. The van der Waals surface area contributed by atoms with Crippen LogP contribution in [0.3, 0.4) is 0 Å². The number of para-hydroxylation sites is 1. The molecule has 1 aromatic heterocycles. The zero-order valence-electron chi connectivity index (χ0n) is 6.16. The number of fused-ring (bicyclic) bond motifs is 1. The quantitative estimate of drug-likeness (QED) is 0.604. The lowest BCUT2D eigenvalue weighted by molar-refractivity contribution is 1.10. The Hall–Kier alpha value is -1.09. The molecular formula is C8H8N2S+. The number of hydrogen-bond donors (Lipinski definition) is 1. The van der Waals surface area contributed by atoms with E-state index in [1.807, 2.05) is 12.1 Å². The minimum atomic E-state index is 0.978. The Bertz CT molecular complexity index is 389. The molecule has 1 aromatic carbocycles. The lowest BCUT2D eigenvalue weighted by Gasteiger charge is -1.77. The Morgan fingerprint density at radius 2 is 2.18 bits per heavy atom. The predicted octanol–water partition coefficient (Wildman–Crippen LogP) is 1.10. The van der Waals surface area contributed by atoms with Gasteiger partial charge >= 0.3 is 4.80 Å². The van der Waals surface area contributed by atoms with Crippen molar-refractivity contribution in [3.63, 3.8) is 0 Å². The number of rotatable bonds is 0. The fourth-order valence-corrected chi connectivity index (χ4v) is 1.84. The molecule has 0 saturated carbocycles. The predicted molar refractivity (Wildman–Crippen MR) is 47.4 cm³/mol. The van der Waals surface area contributed by atoms with E-state index in [0.29, 0.717) is 0 Å². The average Bonchev–Trinajstić information content (AvgIpc) is 2.46. The van der Waals surface area contributed by atoms with Crippen molar-refractivity contribution in [2.24, 2.45) is 0 Å². The van der Waals surface area contributed by atoms with Crippen LogP contribution in [0.2, 0.25) is 0 Å². The van der Waals surface area contributed by atoms with Gasteiger partial charge in [-0.1, -0.05) is 17.1 Å². The molecule has 1 heterocycles. The van der Waals surface area contributed by atoms with Gasteiger partial charge in [-0.05, 0) is 23.5 Å². The zero-order chi connectivity index (χ0) is 7.68. The number of benzene rings is 1. The second kappa shape index (κ2) is 2.51. The van der Waals surface area contributed by atoms with E-state index in [0.717, 1.165) is 10.3 Å². The SMILES string of the molecule is C[N+]=c1[nH]c2ccccc2s1. The summed E-state index contributed by atoms with van der Waals surface area (Å²) in [4.78, 5) is 8.25. The standard InChI is InChI=1S/C8H8N2S/c1-9-8-10-6-4-2-3-5-7(6)11-8/h2-5,10H,1H3/q+1. The number of hydrogen-bond acceptors (Lipinski definition) is 2. The molecule has 0 bridgehead atoms. The smallest absolute Gasteiger partial charge is 0.227 e. The molecule has 0 amide bonds. The summed E-state index contributed by atoms with van der Waals surface area (Å²) >= 11 is 1.68. The van der Waals surface area contributed by atoms with E-state index in [1.165, 1.54) is 4.70 Å². The summed E-state index contributed by atoms with van der Waals surface area (Å²) in [6, 6.07) is 8.20. The van der Waals surface area contributed by atoms with Crippen LogP contribution in [0, 0.1) is 0 Å². The van der Waals surface area contributed by atoms with E-state index in [4.69, 9.17) is 0 Å². The Balaban J connectivity index is 2.89. The first kappa shape index (κ1) is 6.61. The number of nitrogens with zero attached hydrogens (tertiary/aromatic N) is 1. The highest BCUT2D eigenvalue weighted by Crippen LogP contribution is 2.11. The normalized spacial score (nSPS) is 12.6. The van der Waals surface area contributed by atoms with Gasteiger partial charge < -0.3 is 0 Å². The van der Waals surface area contributed by atoms with Crippen LogP contribution in [0.15, 0.2) is 24.3 Å². The van der Waals surface area contributed by atoms with Crippen molar-refractivity contribution in [1.82, 2.24) is 9.98 Å². The highest BCUT2D eigenvalue weighted by Gasteiger charge is 2.00. The molecule has 3 heteroatoms. The van der Waals surface area contributed by atoms with E-state index in [9.17, 15) is 0 Å². The molecule has 2 nitrogen and oxygen atoms in total. The molecule has 1 radical (unpaired) electrons. The molecular weight excluding hydrogens is 156 g/mol. The van der Waals surface area contributed by atoms with Crippen molar-refractivity contribution in [2.75, 3.05) is 7.05 Å². The Labute approximate surface area is 68.2 Å². The fourth-order valence-electron chi connectivity index (χ4n) is 1.01. The van der Waals surface area contributed by atoms with Crippen molar-refractivity contribution in [1.29, 1.82) is 0 Å². The van der Waals surface area contributed by atoms with Gasteiger partial charge in [0.25, 0.3) is 0 Å². The molecule has 0 aliphatic rings. The molecule has 0 saturated heterocycles. The highest BCUT2D eigenvalue weighted by molar-refractivity contribution is 7.16. The Morgan fingerprint density at radius 1 is 1.36 bits per heavy atom. The van der Waals surface area contributed by atoms with E-state index in [-0.39, 0.29) is 0 Å². The molecule has 0 unspecified atom stereocenters. The second-order valence-corrected chi connectivity index (χ2v) is 3.28. The van der Waals surface area contributed by atoms with Crippen LogP contribution in [0.4, 0.5) is 0 Å². The van der Waals surface area contributed by atoms with Crippen LogP contribution in [-0.4, -0.2) is 12.0 Å². The summed E-state index contributed by atoms with van der Waals surface area (Å²) in [5.41, 5.74) is 1.16. The third kappa shape index (κ3) is 1.07. The molecule has 11 heavy (non-hydrogen) atoms. The highest BCUT2D eigenvalue weighted by atomic mass is 32.1. The molecule has 2 rings (SSSR count). The summed E-state index contributed by atoms with van der Waals surface area (Å²) in [6.07, 6.45) is 0. The van der Waals surface area contributed by atoms with E-state index in [2.05, 4.69) is 22.1 Å². The Kier molecular flexibility index (Phi) is 1.51. The van der Waals surface area contributed by atoms with Gasteiger partial charge in [0.05, 0.1) is 4.70 Å². The van der Waals surface area contributed by atoms with Crippen molar-refractivity contribution < 1.29 is 0 Å². The van der Waals surface area contributed by atoms with Gasteiger partial charge in [-0.2, -0.15) is 0 Å². The first-order valence-corrected chi connectivity index (χ1v) is 4.22. The van der Waals surface area contributed by atoms with Gasteiger partial charge in [0.1, 0.15) is 12.6 Å². The second-order valence-electron chi connectivity index (χ2n) is 2.25. The van der Waals surface area contributed by atoms with Gasteiger partial charge in [-0.15, -0.1) is 0 Å². The maximum atomic E-state index is 4.07. The summed E-state index contributed by atoms with van der Waals surface area (Å²) in [6.45, 7) is 0. The molecule has 0 aliphatic carbocycles. The number of aromatic nitrogens is 1. The van der Waals surface area contributed by atoms with Crippen LogP contribution in [0.1, 0.15) is 0 Å². The monoisotopic (exact) mass is 164 g/mol. The summed E-state index contributed by atoms with van der Waals surface area (Å²) in [7, 11) is 1.79. The summed E-state index contributed by atoms with van der Waals surface area (Å²) < 4.78 is 1.26. The topological polar surface area (TPSA) is 29.9 Å². The van der Waals surface area contributed by atoms with Gasteiger partial charge in [0.2, 0.25) is 0 Å². The fraction of sp³-hybridized carbons (Fsp3) is 0.125. The van der Waals surface area contributed by atoms with Gasteiger partial charge in [-0.3, -0.25) is 0 Å². The van der Waals surface area contributed by atoms with Gasteiger partial charge in [0.15, 0.2) is 0 Å². The molecule has 0 aliphatic heterocycles. The van der Waals surface area contributed by atoms with Crippen LogP contribution in [-0.2, 0) is 0 Å². The maximum Gasteiger partial charge on any atom is 0.375 e. The van der Waals surface area contributed by atoms with Crippen LogP contribution in [0.25, 0.3) is 10.2 Å². The molecule has 0 atom stereocenters. The summed E-state index contributed by atoms with van der Waals surface area (Å²) in [5.74, 6) is 0. The lowest BCUT2D eigenvalue weighted by atomic mass is 10.3. The lowest BCUT2D eigenvalue weighted by Crippen LogP contribution is -2.04. The number of H-pyrrole nitrogens is 1. The van der Waals surface area contributed by atoms with Gasteiger partial charge in [-0.25, -0.2) is 4.98 Å². The Morgan fingerprint density at radius 3 is 2.91 bits per heavy atom. The van der Waals surface area contributed by atoms with Gasteiger partial charge in [0, 0.05) is 0 Å². The first-order valence-electron chi connectivity index (χ1n) is 3.41. The van der Waals surface area contributed by atoms with Crippen LogP contribution in [0.5, 0.6) is 0 Å². The third-order valence-electron chi connectivity index (χ3n) is 1.54. The minimum absolute atomic E-state index is 0.978. The molecule has 0 fully saturated rings. The van der Waals surface area contributed by atoms with Crippen LogP contribution < -0.4 is 9.79 Å². The molecule has 0 spiro atoms. The third-order valence-corrected chi connectivity index (χ3v) is 2.59. The van der Waals surface area contributed by atoms with Crippen molar-refractivity contribution in [2.45, 2.75) is 0 Å². The van der Waals surface area contributed by atoms with Crippen molar-refractivity contribution in [3.05, 3.63) is 29.1 Å². The number of aromatic amines is 1. The zero-order valence-corrected chi connectivity index (χ0v) is 6.98. The van der Waals surface area contributed by atoms with Crippen molar-refractivity contribution >= 4 is 21.6 Å². The van der Waals surface area contributed by atoms with E-state index in [1.54, 1.807) is 18.4 Å². The number of thiazole rings is 1. The average molecular weight is 164 g/mol. The molecule has 2 aromatic rings. The number of nitrogens with one attached hydrogen (secondary N) is 1. The first-order chi connectivity index (χ1) is 5.40. The minimum Gasteiger partial charge on any atom is -0.227 e. The van der Waals surface area contributed by atoms with E-state index >= 15 is 0 Å². The summed E-state index contributed by atoms with van der Waals surface area (Å²) in [5, 5.41) is 0. The molecule has 55 valence electrons. The molecule has 1 N–H and O–H groups in total. The van der Waals surface area contributed by atoms with E-state index < -0.39 is 0 Å². The van der Waals surface area contributed by atoms with Crippen molar-refractivity contribution in [3.8, 4) is 0 Å².